The van der Waals surface area contributed by atoms with Crippen molar-refractivity contribution in [2.75, 3.05) is 4.90 Å². The molecule has 1 amide bonds. The van der Waals surface area contributed by atoms with Crippen LogP contribution in [0.15, 0.2) is 111 Å². The Hall–Kier alpha value is -4.58. The molecule has 1 atom stereocenters. The summed E-state index contributed by atoms with van der Waals surface area (Å²) in [5, 5.41) is 13.4. The lowest BCUT2D eigenvalue weighted by atomic mass is 9.98. The van der Waals surface area contributed by atoms with Gasteiger partial charge in [-0.25, -0.2) is 0 Å². The van der Waals surface area contributed by atoms with Gasteiger partial charge in [-0.15, -0.1) is 0 Å². The monoisotopic (exact) mass is 435 g/mol. The first-order valence-electron chi connectivity index (χ1n) is 10.4. The molecule has 0 fully saturated rings. The third kappa shape index (κ3) is 2.88. The van der Waals surface area contributed by atoms with E-state index in [9.17, 15) is 14.7 Å². The number of amides is 1. The fourth-order valence-electron chi connectivity index (χ4n) is 4.45. The molecule has 0 bridgehead atoms. The van der Waals surface area contributed by atoms with E-state index < -0.39 is 23.5 Å². The molecule has 0 radical (unpaired) electrons. The van der Waals surface area contributed by atoms with Crippen LogP contribution in [0, 0.1) is 0 Å². The van der Waals surface area contributed by atoms with Crippen molar-refractivity contribution < 1.29 is 23.5 Å². The van der Waals surface area contributed by atoms with E-state index >= 15 is 0 Å². The Labute approximate surface area is 188 Å². The maximum atomic E-state index is 13.6. The molecule has 3 heterocycles. The highest BCUT2D eigenvalue weighted by atomic mass is 16.3. The highest BCUT2D eigenvalue weighted by Gasteiger charge is 2.47. The van der Waals surface area contributed by atoms with Crippen LogP contribution in [-0.4, -0.2) is 16.8 Å². The molecule has 6 heteroatoms. The lowest BCUT2D eigenvalue weighted by Crippen LogP contribution is -2.31. The van der Waals surface area contributed by atoms with Crippen molar-refractivity contribution in [1.82, 2.24) is 0 Å². The minimum absolute atomic E-state index is 0.0434. The summed E-state index contributed by atoms with van der Waals surface area (Å²) in [5.41, 5.74) is 1.03. The first kappa shape index (κ1) is 19.1. The topological polar surface area (TPSA) is 83.9 Å². The Morgan fingerprint density at radius 2 is 1.64 bits per heavy atom. The number of benzene rings is 3. The number of carbonyl (C=O) groups excluding carboxylic acids is 2. The van der Waals surface area contributed by atoms with E-state index in [-0.39, 0.29) is 11.3 Å². The molecule has 0 saturated heterocycles. The Morgan fingerprint density at radius 1 is 0.879 bits per heavy atom. The van der Waals surface area contributed by atoms with Crippen molar-refractivity contribution in [3.05, 3.63) is 114 Å². The van der Waals surface area contributed by atoms with E-state index in [4.69, 9.17) is 8.83 Å². The summed E-state index contributed by atoms with van der Waals surface area (Å²) in [5.74, 6) is -1.45. The van der Waals surface area contributed by atoms with Crippen molar-refractivity contribution in [3.63, 3.8) is 0 Å². The second-order valence-electron chi connectivity index (χ2n) is 7.83. The van der Waals surface area contributed by atoms with Gasteiger partial charge in [0.05, 0.1) is 17.5 Å². The predicted molar refractivity (Wildman–Crippen MR) is 123 cm³/mol. The Bertz CT molecular complexity index is 1540. The first-order valence-corrected chi connectivity index (χ1v) is 10.4. The van der Waals surface area contributed by atoms with Crippen LogP contribution in [0.25, 0.3) is 21.7 Å². The summed E-state index contributed by atoms with van der Waals surface area (Å²) in [6.45, 7) is 0. The Kier molecular flexibility index (Phi) is 4.20. The van der Waals surface area contributed by atoms with Crippen LogP contribution in [0.3, 0.4) is 0 Å². The minimum Gasteiger partial charge on any atom is -0.503 e. The molecule has 2 aromatic heterocycles. The number of anilines is 1. The second-order valence-corrected chi connectivity index (χ2v) is 7.83. The number of furan rings is 2. The number of para-hydroxylation sites is 1. The van der Waals surface area contributed by atoms with Gasteiger partial charge < -0.3 is 13.9 Å². The zero-order chi connectivity index (χ0) is 22.5. The molecule has 0 aliphatic carbocycles. The third-order valence-electron chi connectivity index (χ3n) is 5.94. The highest BCUT2D eigenvalue weighted by Crippen LogP contribution is 2.44. The van der Waals surface area contributed by atoms with Crippen LogP contribution in [-0.2, 0) is 4.79 Å². The summed E-state index contributed by atoms with van der Waals surface area (Å²) >= 11 is 0. The predicted octanol–water partition coefficient (Wildman–Crippen LogP) is 5.96. The average molecular weight is 435 g/mol. The summed E-state index contributed by atoms with van der Waals surface area (Å²) in [7, 11) is 0. The molecule has 1 N–H and O–H groups in total. The number of Topliss-reactive ketones (excluding diaryl/α,β-unsaturated/α-hetero) is 1. The summed E-state index contributed by atoms with van der Waals surface area (Å²) in [6, 6.07) is 24.5. The number of aliphatic hydroxyl groups excluding tert-OH is 1. The molecular weight excluding hydrogens is 418 g/mol. The summed E-state index contributed by atoms with van der Waals surface area (Å²) in [6.07, 6.45) is 1.47. The van der Waals surface area contributed by atoms with Gasteiger partial charge in [-0.3, -0.25) is 14.5 Å². The van der Waals surface area contributed by atoms with Gasteiger partial charge in [0.25, 0.3) is 5.91 Å². The molecule has 0 spiro atoms. The Balaban J connectivity index is 1.53. The maximum Gasteiger partial charge on any atom is 0.294 e. The summed E-state index contributed by atoms with van der Waals surface area (Å²) in [4.78, 5) is 28.4. The van der Waals surface area contributed by atoms with Gasteiger partial charge in [0.1, 0.15) is 17.4 Å². The number of nitrogens with zero attached hydrogens (tertiary/aromatic N) is 1. The van der Waals surface area contributed by atoms with Crippen LogP contribution in [0.2, 0.25) is 0 Å². The van der Waals surface area contributed by atoms with Crippen LogP contribution < -0.4 is 4.90 Å². The molecule has 1 aliphatic rings. The fourth-order valence-corrected chi connectivity index (χ4v) is 4.45. The van der Waals surface area contributed by atoms with E-state index in [2.05, 4.69) is 0 Å². The minimum atomic E-state index is -0.945. The van der Waals surface area contributed by atoms with Crippen molar-refractivity contribution in [2.45, 2.75) is 6.04 Å². The standard InChI is InChI=1S/C27H17NO5/c29-25(22-15-17-8-2-4-12-20(17)33-22)23-24(21-13-6-14-32-21)28(27(31)26(23)30)19-11-5-9-16-7-1-3-10-18(16)19/h1-15,24,30H. The lowest BCUT2D eigenvalue weighted by Gasteiger charge is -2.26. The van der Waals surface area contributed by atoms with Gasteiger partial charge in [0, 0.05) is 10.8 Å². The molecule has 3 aromatic carbocycles. The third-order valence-corrected chi connectivity index (χ3v) is 5.94. The number of aliphatic hydroxyl groups is 1. The molecule has 6 rings (SSSR count). The summed E-state index contributed by atoms with van der Waals surface area (Å²) < 4.78 is 11.4. The van der Waals surface area contributed by atoms with Gasteiger partial charge in [-0.1, -0.05) is 54.6 Å². The highest BCUT2D eigenvalue weighted by molar-refractivity contribution is 6.22. The van der Waals surface area contributed by atoms with E-state index in [1.165, 1.54) is 11.2 Å². The molecule has 1 aliphatic heterocycles. The van der Waals surface area contributed by atoms with E-state index in [1.54, 1.807) is 30.3 Å². The molecule has 0 saturated carbocycles. The molecule has 1 unspecified atom stereocenters. The molecule has 6 nitrogen and oxygen atoms in total. The van der Waals surface area contributed by atoms with E-state index in [0.29, 0.717) is 17.0 Å². The smallest absolute Gasteiger partial charge is 0.294 e. The number of hydrogen-bond acceptors (Lipinski definition) is 5. The Morgan fingerprint density at radius 3 is 2.42 bits per heavy atom. The van der Waals surface area contributed by atoms with Gasteiger partial charge >= 0.3 is 0 Å². The van der Waals surface area contributed by atoms with Crippen LogP contribution in [0.1, 0.15) is 22.4 Å². The number of hydrogen-bond donors (Lipinski definition) is 1. The van der Waals surface area contributed by atoms with Crippen molar-refractivity contribution >= 4 is 39.1 Å². The van der Waals surface area contributed by atoms with Crippen LogP contribution in [0.5, 0.6) is 0 Å². The van der Waals surface area contributed by atoms with Crippen molar-refractivity contribution in [2.24, 2.45) is 0 Å². The normalized spacial score (nSPS) is 16.3. The van der Waals surface area contributed by atoms with Crippen molar-refractivity contribution in [1.29, 1.82) is 0 Å². The van der Waals surface area contributed by atoms with Gasteiger partial charge in [-0.2, -0.15) is 0 Å². The fraction of sp³-hybridized carbons (Fsp3) is 0.0370. The van der Waals surface area contributed by atoms with E-state index in [1.807, 2.05) is 54.6 Å². The largest absolute Gasteiger partial charge is 0.503 e. The van der Waals surface area contributed by atoms with E-state index in [0.717, 1.165) is 16.2 Å². The first-order chi connectivity index (χ1) is 16.1. The quantitative estimate of drug-likeness (QED) is 0.352. The molecular formula is C27H17NO5. The van der Waals surface area contributed by atoms with Crippen molar-refractivity contribution in [3.8, 4) is 0 Å². The molecule has 5 aromatic rings. The second kappa shape index (κ2) is 7.24. The number of carbonyl (C=O) groups is 2. The van der Waals surface area contributed by atoms with Gasteiger partial charge in [0.2, 0.25) is 5.78 Å². The van der Waals surface area contributed by atoms with Gasteiger partial charge in [0.15, 0.2) is 11.5 Å². The van der Waals surface area contributed by atoms with Crippen LogP contribution >= 0.6 is 0 Å². The van der Waals surface area contributed by atoms with Gasteiger partial charge in [-0.05, 0) is 35.7 Å². The zero-order valence-electron chi connectivity index (χ0n) is 17.3. The molecule has 160 valence electrons. The van der Waals surface area contributed by atoms with Crippen LogP contribution in [0.4, 0.5) is 5.69 Å². The molecule has 33 heavy (non-hydrogen) atoms. The zero-order valence-corrected chi connectivity index (χ0v) is 17.3. The number of fused-ring (bicyclic) bond motifs is 2. The average Bonchev–Trinajstić information content (AvgIpc) is 3.57. The SMILES string of the molecule is O=C(C1=C(O)C(=O)N(c2cccc3ccccc23)C1c1ccco1)c1cc2ccccc2o1. The maximum absolute atomic E-state index is 13.6. The number of rotatable bonds is 4. The number of ketones is 1. The lowest BCUT2D eigenvalue weighted by molar-refractivity contribution is -0.117.